The van der Waals surface area contributed by atoms with Gasteiger partial charge in [0.15, 0.2) is 12.4 Å². The topological polar surface area (TPSA) is 75.8 Å². The van der Waals surface area contributed by atoms with Crippen molar-refractivity contribution >= 4 is 5.97 Å². The monoisotopic (exact) mass is 344 g/mol. The van der Waals surface area contributed by atoms with Crippen molar-refractivity contribution in [3.8, 4) is 0 Å². The quantitative estimate of drug-likeness (QED) is 0.561. The molecule has 10 atom stereocenters. The van der Waals surface area contributed by atoms with E-state index in [0.717, 1.165) is 0 Å². The molecule has 3 rings (SSSR count). The Balaban J connectivity index is 1.73. The van der Waals surface area contributed by atoms with Crippen molar-refractivity contribution in [3.63, 3.8) is 0 Å². The first-order chi connectivity index (χ1) is 11.3. The fraction of sp³-hybridized carbons (Fsp3) is 0.941. The molecule has 0 unspecified atom stereocenters. The van der Waals surface area contributed by atoms with Gasteiger partial charge in [0, 0.05) is 20.0 Å². The summed E-state index contributed by atoms with van der Waals surface area (Å²) >= 11 is 0. The number of hydrogen-bond donors (Lipinski definition) is 0. The van der Waals surface area contributed by atoms with Crippen molar-refractivity contribution in [1.29, 1.82) is 0 Å². The zero-order valence-corrected chi connectivity index (χ0v) is 15.1. The second kappa shape index (κ2) is 6.88. The van der Waals surface area contributed by atoms with Crippen molar-refractivity contribution in [2.45, 2.75) is 89.7 Å². The summed E-state index contributed by atoms with van der Waals surface area (Å²) in [7, 11) is 1.63. The maximum Gasteiger partial charge on any atom is 0.303 e. The van der Waals surface area contributed by atoms with Crippen LogP contribution in [0.25, 0.3) is 0 Å². The first kappa shape index (κ1) is 18.1. The smallest absolute Gasteiger partial charge is 0.303 e. The number of rotatable bonds is 4. The summed E-state index contributed by atoms with van der Waals surface area (Å²) in [6.45, 7) is 9.27. The normalized spacial score (nSPS) is 50.9. The zero-order valence-electron chi connectivity index (χ0n) is 15.1. The summed E-state index contributed by atoms with van der Waals surface area (Å²) in [6.07, 6.45) is -1.75. The summed E-state index contributed by atoms with van der Waals surface area (Å²) in [5.74, 6) is -0.419. The lowest BCUT2D eigenvalue weighted by Crippen LogP contribution is -2.57. The van der Waals surface area contributed by atoms with Crippen LogP contribution in [0.2, 0.25) is 0 Å². The Kier molecular flexibility index (Phi) is 5.18. The lowest BCUT2D eigenvalue weighted by molar-refractivity contribution is -0.308. The van der Waals surface area contributed by atoms with Crippen LogP contribution in [0.1, 0.15) is 34.6 Å². The van der Waals surface area contributed by atoms with Crippen LogP contribution < -0.4 is 0 Å². The molecule has 3 aliphatic rings. The van der Waals surface area contributed by atoms with E-state index in [-0.39, 0.29) is 54.6 Å². The Morgan fingerprint density at radius 1 is 0.833 bits per heavy atom. The first-order valence-electron chi connectivity index (χ1n) is 8.65. The summed E-state index contributed by atoms with van der Waals surface area (Å²) < 4.78 is 34.7. The van der Waals surface area contributed by atoms with Gasteiger partial charge in [-0.2, -0.15) is 0 Å². The largest absolute Gasteiger partial charge is 0.457 e. The third kappa shape index (κ3) is 3.32. The fourth-order valence-electron chi connectivity index (χ4n) is 3.98. The minimum absolute atomic E-state index is 0.0103. The summed E-state index contributed by atoms with van der Waals surface area (Å²) in [6, 6.07) is 0. The van der Waals surface area contributed by atoms with Gasteiger partial charge in [-0.05, 0) is 20.8 Å². The van der Waals surface area contributed by atoms with Crippen LogP contribution in [-0.2, 0) is 33.2 Å². The molecular weight excluding hydrogens is 316 g/mol. The van der Waals surface area contributed by atoms with E-state index in [9.17, 15) is 4.79 Å². The van der Waals surface area contributed by atoms with Gasteiger partial charge in [-0.3, -0.25) is 4.79 Å². The van der Waals surface area contributed by atoms with Gasteiger partial charge < -0.3 is 28.4 Å². The van der Waals surface area contributed by atoms with E-state index in [1.807, 2.05) is 27.7 Å². The maximum atomic E-state index is 11.5. The summed E-state index contributed by atoms with van der Waals surface area (Å²) in [5.41, 5.74) is 0. The second-order valence-electron chi connectivity index (χ2n) is 7.06. The molecule has 0 aromatic heterocycles. The van der Waals surface area contributed by atoms with Crippen LogP contribution in [0, 0.1) is 5.92 Å². The minimum Gasteiger partial charge on any atom is -0.457 e. The molecule has 0 aromatic rings. The Morgan fingerprint density at radius 3 is 2.12 bits per heavy atom. The number of fused-ring (bicyclic) bond motifs is 1. The summed E-state index contributed by atoms with van der Waals surface area (Å²) in [4.78, 5) is 11.5. The van der Waals surface area contributed by atoms with Crippen LogP contribution in [0.5, 0.6) is 0 Å². The highest BCUT2D eigenvalue weighted by atomic mass is 16.7. The predicted molar refractivity (Wildman–Crippen MR) is 83.4 cm³/mol. The van der Waals surface area contributed by atoms with Crippen molar-refractivity contribution in [2.24, 2.45) is 5.92 Å². The number of carbonyl (C=O) groups excluding carboxylic acids is 1. The Morgan fingerprint density at radius 2 is 1.50 bits per heavy atom. The molecule has 0 saturated carbocycles. The molecule has 0 aromatic carbocycles. The highest BCUT2D eigenvalue weighted by molar-refractivity contribution is 5.66. The Labute approximate surface area is 142 Å². The van der Waals surface area contributed by atoms with E-state index in [2.05, 4.69) is 0 Å². The molecule has 0 aliphatic carbocycles. The average molecular weight is 344 g/mol. The molecule has 0 bridgehead atoms. The van der Waals surface area contributed by atoms with Crippen molar-refractivity contribution in [2.75, 3.05) is 7.11 Å². The summed E-state index contributed by atoms with van der Waals surface area (Å²) in [5, 5.41) is 0. The molecule has 0 amide bonds. The maximum absolute atomic E-state index is 11.5. The van der Waals surface area contributed by atoms with Gasteiger partial charge in [0.25, 0.3) is 0 Å². The molecule has 7 nitrogen and oxygen atoms in total. The minimum atomic E-state index is -0.667. The highest BCUT2D eigenvalue weighted by Crippen LogP contribution is 2.41. The van der Waals surface area contributed by atoms with Gasteiger partial charge in [-0.1, -0.05) is 6.92 Å². The molecular formula is C17H28O7. The van der Waals surface area contributed by atoms with Gasteiger partial charge in [0.1, 0.15) is 18.3 Å². The Hall–Kier alpha value is -0.730. The van der Waals surface area contributed by atoms with Crippen LogP contribution in [0.4, 0.5) is 0 Å². The van der Waals surface area contributed by atoms with Crippen LogP contribution in [0.3, 0.4) is 0 Å². The molecule has 3 saturated heterocycles. The SMILES string of the molecule is CO[C@H]1[C@H](C)[C@@H](OC(C)=O)[C@H](O[C@H]2[C@H]3O[C@H]3[C@@H](C)O[C@@H]2C)O[C@@H]1C. The van der Waals surface area contributed by atoms with Gasteiger partial charge in [0.05, 0.1) is 24.4 Å². The van der Waals surface area contributed by atoms with Gasteiger partial charge >= 0.3 is 5.97 Å². The van der Waals surface area contributed by atoms with E-state index in [1.165, 1.54) is 6.92 Å². The highest BCUT2D eigenvalue weighted by Gasteiger charge is 2.57. The van der Waals surface area contributed by atoms with Crippen LogP contribution in [-0.4, -0.2) is 68.2 Å². The van der Waals surface area contributed by atoms with Crippen molar-refractivity contribution in [1.82, 2.24) is 0 Å². The predicted octanol–water partition coefficient (Wildman–Crippen LogP) is 1.27. The van der Waals surface area contributed by atoms with Crippen molar-refractivity contribution < 1.29 is 33.2 Å². The van der Waals surface area contributed by atoms with E-state index in [0.29, 0.717) is 0 Å². The molecule has 0 radical (unpaired) electrons. The number of carbonyl (C=O) groups is 1. The molecule has 0 spiro atoms. The second-order valence-corrected chi connectivity index (χ2v) is 7.06. The first-order valence-corrected chi connectivity index (χ1v) is 8.65. The lowest BCUT2D eigenvalue weighted by atomic mass is 9.90. The lowest BCUT2D eigenvalue weighted by Gasteiger charge is -2.44. The third-order valence-corrected chi connectivity index (χ3v) is 5.22. The van der Waals surface area contributed by atoms with Gasteiger partial charge in [-0.15, -0.1) is 0 Å². The molecule has 0 N–H and O–H groups in total. The van der Waals surface area contributed by atoms with Crippen LogP contribution in [0.15, 0.2) is 0 Å². The molecule has 7 heteroatoms. The molecule has 3 fully saturated rings. The number of hydrogen-bond acceptors (Lipinski definition) is 7. The zero-order chi connectivity index (χ0) is 17.6. The Bertz CT molecular complexity index is 468. The van der Waals surface area contributed by atoms with Gasteiger partial charge in [0.2, 0.25) is 0 Å². The average Bonchev–Trinajstić information content (AvgIpc) is 3.28. The van der Waals surface area contributed by atoms with E-state index >= 15 is 0 Å². The molecule has 138 valence electrons. The van der Waals surface area contributed by atoms with E-state index < -0.39 is 12.4 Å². The third-order valence-electron chi connectivity index (χ3n) is 5.22. The molecule has 3 heterocycles. The fourth-order valence-corrected chi connectivity index (χ4v) is 3.98. The molecule has 3 aliphatic heterocycles. The number of methoxy groups -OCH3 is 1. The van der Waals surface area contributed by atoms with Crippen molar-refractivity contribution in [3.05, 3.63) is 0 Å². The standard InChI is InChI=1S/C17H28O7/c1-7-12(19-6)8(2)21-17(13(7)22-11(5)18)24-15-10(4)20-9(3)14-16(15)23-14/h7-10,12-17H,1-6H3/t7-,8+,9+,10+,12-,13+,14-,15+,16-,17-/m0/s1. The van der Waals surface area contributed by atoms with E-state index in [4.69, 9.17) is 28.4 Å². The van der Waals surface area contributed by atoms with Gasteiger partial charge in [-0.25, -0.2) is 0 Å². The number of epoxide rings is 1. The number of esters is 1. The van der Waals surface area contributed by atoms with E-state index in [1.54, 1.807) is 7.11 Å². The molecule has 24 heavy (non-hydrogen) atoms. The number of ether oxygens (including phenoxy) is 6. The van der Waals surface area contributed by atoms with Crippen LogP contribution >= 0.6 is 0 Å².